The molecular weight excluding hydrogens is 935 g/mol. The molecule has 0 aromatic heterocycles. The summed E-state index contributed by atoms with van der Waals surface area (Å²) >= 11 is 0. The zero-order valence-corrected chi connectivity index (χ0v) is 43.3. The Morgan fingerprint density at radius 2 is 0.676 bits per heavy atom. The molecule has 0 fully saturated rings. The SMILES string of the molecule is CCCCCCCCCCCCc1ccc(C(=O)Oc2ccc(C(=O)Oc3ccc(F)c(-c4ccc(OC(=O)c5ccc(OC(=O)c6ccc(CCCCCCCCCCCC)cc6)cc5)c(F)c4)c3)cc2)cc1. The quantitative estimate of drug-likeness (QED) is 0.0241. The average Bonchev–Trinajstić information content (AvgIpc) is 3.41. The molecule has 0 aliphatic carbocycles. The van der Waals surface area contributed by atoms with E-state index in [4.69, 9.17) is 18.9 Å². The predicted molar refractivity (Wildman–Crippen MR) is 288 cm³/mol. The lowest BCUT2D eigenvalue weighted by Gasteiger charge is -2.11. The van der Waals surface area contributed by atoms with Gasteiger partial charge in [0.1, 0.15) is 23.1 Å². The number of benzene rings is 6. The van der Waals surface area contributed by atoms with Gasteiger partial charge in [0.25, 0.3) is 0 Å². The molecule has 6 aromatic rings. The summed E-state index contributed by atoms with van der Waals surface area (Å²) in [6.07, 6.45) is 27.5. The molecule has 0 aliphatic heterocycles. The van der Waals surface area contributed by atoms with Crippen molar-refractivity contribution in [3.8, 4) is 34.1 Å². The Balaban J connectivity index is 0.919. The zero-order chi connectivity index (χ0) is 52.3. The number of rotatable bonds is 31. The van der Waals surface area contributed by atoms with Crippen LogP contribution in [-0.2, 0) is 12.8 Å². The first-order valence-electron chi connectivity index (χ1n) is 27.0. The zero-order valence-electron chi connectivity index (χ0n) is 43.3. The lowest BCUT2D eigenvalue weighted by Crippen LogP contribution is -2.11. The van der Waals surface area contributed by atoms with Gasteiger partial charge in [0.15, 0.2) is 11.6 Å². The van der Waals surface area contributed by atoms with E-state index >= 15 is 8.78 Å². The second-order valence-corrected chi connectivity index (χ2v) is 19.2. The van der Waals surface area contributed by atoms with Crippen molar-refractivity contribution in [2.24, 2.45) is 0 Å². The number of ether oxygens (including phenoxy) is 4. The van der Waals surface area contributed by atoms with E-state index in [1.807, 2.05) is 24.3 Å². The van der Waals surface area contributed by atoms with E-state index in [0.29, 0.717) is 11.1 Å². The van der Waals surface area contributed by atoms with Gasteiger partial charge in [-0.25, -0.2) is 28.0 Å². The third-order valence-corrected chi connectivity index (χ3v) is 13.2. The Kier molecular flexibility index (Phi) is 23.6. The van der Waals surface area contributed by atoms with Crippen LogP contribution in [0.25, 0.3) is 11.1 Å². The van der Waals surface area contributed by atoms with E-state index < -0.39 is 41.3 Å². The molecule has 0 saturated carbocycles. The summed E-state index contributed by atoms with van der Waals surface area (Å²) < 4.78 is 52.4. The second kappa shape index (κ2) is 30.9. The van der Waals surface area contributed by atoms with Crippen molar-refractivity contribution in [1.29, 1.82) is 0 Å². The molecule has 6 rings (SSSR count). The highest BCUT2D eigenvalue weighted by Crippen LogP contribution is 2.32. The molecule has 8 nitrogen and oxygen atoms in total. The maximum Gasteiger partial charge on any atom is 0.343 e. The lowest BCUT2D eigenvalue weighted by molar-refractivity contribution is 0.0717. The lowest BCUT2D eigenvalue weighted by atomic mass is 10.0. The third-order valence-electron chi connectivity index (χ3n) is 13.2. The first kappa shape index (κ1) is 56.4. The summed E-state index contributed by atoms with van der Waals surface area (Å²) in [5.41, 5.74) is 3.43. The van der Waals surface area contributed by atoms with Crippen LogP contribution in [0.3, 0.4) is 0 Å². The standard InChI is InChI=1S/C64H72F2O8/c1-3-5-7-9-11-13-15-17-19-21-23-47-25-29-49(30-26-47)61(67)71-54-38-33-51(34-39-54)63(69)73-56-42-43-58(65)57(46-56)53-37-44-60(59(66)45-53)74-64(70)52-35-40-55(41-36-52)72-62(68)50-31-27-48(28-32-50)24-22-20-18-16-14-12-10-8-6-4-2/h25-46H,3-24H2,1-2H3. The van der Waals surface area contributed by atoms with Gasteiger partial charge in [-0.05, 0) is 146 Å². The molecule has 0 amide bonds. The Hall–Kier alpha value is -6.94. The van der Waals surface area contributed by atoms with Gasteiger partial charge in [-0.2, -0.15) is 0 Å². The van der Waals surface area contributed by atoms with E-state index in [-0.39, 0.29) is 39.5 Å². The minimum Gasteiger partial charge on any atom is -0.423 e. The van der Waals surface area contributed by atoms with Crippen LogP contribution in [0, 0.1) is 11.6 Å². The van der Waals surface area contributed by atoms with Gasteiger partial charge in [-0.1, -0.05) is 160 Å². The highest BCUT2D eigenvalue weighted by atomic mass is 19.1. The number of hydrogen-bond donors (Lipinski definition) is 0. The highest BCUT2D eigenvalue weighted by Gasteiger charge is 2.18. The van der Waals surface area contributed by atoms with E-state index in [9.17, 15) is 19.2 Å². The molecule has 0 aliphatic rings. The molecule has 0 bridgehead atoms. The molecule has 6 aromatic carbocycles. The average molecular weight is 1010 g/mol. The van der Waals surface area contributed by atoms with Gasteiger partial charge >= 0.3 is 23.9 Å². The topological polar surface area (TPSA) is 105 Å². The van der Waals surface area contributed by atoms with Crippen LogP contribution in [0.4, 0.5) is 8.78 Å². The normalized spacial score (nSPS) is 11.0. The van der Waals surface area contributed by atoms with Gasteiger partial charge in [-0.15, -0.1) is 0 Å². The first-order valence-corrected chi connectivity index (χ1v) is 27.0. The van der Waals surface area contributed by atoms with Crippen molar-refractivity contribution in [2.45, 2.75) is 155 Å². The molecule has 0 unspecified atom stereocenters. The summed E-state index contributed by atoms with van der Waals surface area (Å²) in [5.74, 6) is -4.26. The van der Waals surface area contributed by atoms with Crippen LogP contribution in [-0.4, -0.2) is 23.9 Å². The minimum absolute atomic E-state index is 0.00345. The molecule has 0 radical (unpaired) electrons. The van der Waals surface area contributed by atoms with Gasteiger partial charge in [0, 0.05) is 5.56 Å². The van der Waals surface area contributed by atoms with Crippen LogP contribution in [0.1, 0.15) is 195 Å². The number of carbonyl (C=O) groups excluding carboxylic acids is 4. The Labute approximate surface area is 436 Å². The smallest absolute Gasteiger partial charge is 0.343 e. The van der Waals surface area contributed by atoms with Crippen LogP contribution in [0.5, 0.6) is 23.0 Å². The fraction of sp³-hybridized carbons (Fsp3) is 0.375. The molecule has 0 N–H and O–H groups in total. The summed E-state index contributed by atoms with van der Waals surface area (Å²) in [5, 5.41) is 0. The van der Waals surface area contributed by atoms with E-state index in [1.165, 1.54) is 199 Å². The molecule has 10 heteroatoms. The van der Waals surface area contributed by atoms with Gasteiger partial charge in [0.05, 0.1) is 22.3 Å². The van der Waals surface area contributed by atoms with Crippen LogP contribution >= 0.6 is 0 Å². The van der Waals surface area contributed by atoms with Gasteiger partial charge in [-0.3, -0.25) is 0 Å². The largest absolute Gasteiger partial charge is 0.423 e. The fourth-order valence-corrected chi connectivity index (χ4v) is 8.76. The summed E-state index contributed by atoms with van der Waals surface area (Å²) in [6.45, 7) is 4.48. The number of esters is 4. The Bertz CT molecular complexity index is 2680. The van der Waals surface area contributed by atoms with Crippen molar-refractivity contribution >= 4 is 23.9 Å². The first-order chi connectivity index (χ1) is 36.1. The summed E-state index contributed by atoms with van der Waals surface area (Å²) in [7, 11) is 0. The number of aryl methyl sites for hydroxylation is 2. The van der Waals surface area contributed by atoms with Crippen molar-refractivity contribution in [3.63, 3.8) is 0 Å². The molecule has 390 valence electrons. The maximum atomic E-state index is 15.4. The van der Waals surface area contributed by atoms with Gasteiger partial charge < -0.3 is 18.9 Å². The van der Waals surface area contributed by atoms with Crippen molar-refractivity contribution in [1.82, 2.24) is 0 Å². The predicted octanol–water partition coefficient (Wildman–Crippen LogP) is 17.4. The summed E-state index contributed by atoms with van der Waals surface area (Å²) in [6, 6.07) is 33.6. The molecule has 0 spiro atoms. The maximum absolute atomic E-state index is 15.4. The van der Waals surface area contributed by atoms with E-state index in [2.05, 4.69) is 13.8 Å². The molecule has 0 saturated heterocycles. The molecule has 0 heterocycles. The molecule has 0 atom stereocenters. The van der Waals surface area contributed by atoms with Crippen molar-refractivity contribution in [3.05, 3.63) is 178 Å². The number of hydrogen-bond acceptors (Lipinski definition) is 8. The molecule has 74 heavy (non-hydrogen) atoms. The summed E-state index contributed by atoms with van der Waals surface area (Å²) in [4.78, 5) is 51.8. The van der Waals surface area contributed by atoms with Crippen molar-refractivity contribution < 1.29 is 46.9 Å². The van der Waals surface area contributed by atoms with E-state index in [1.54, 1.807) is 24.3 Å². The van der Waals surface area contributed by atoms with Gasteiger partial charge in [0.2, 0.25) is 0 Å². The Morgan fingerprint density at radius 3 is 1.07 bits per heavy atom. The van der Waals surface area contributed by atoms with Crippen LogP contribution < -0.4 is 18.9 Å². The van der Waals surface area contributed by atoms with Crippen LogP contribution in [0.2, 0.25) is 0 Å². The fourth-order valence-electron chi connectivity index (χ4n) is 8.76. The number of halogens is 2. The number of unbranched alkanes of at least 4 members (excludes halogenated alkanes) is 18. The highest BCUT2D eigenvalue weighted by molar-refractivity contribution is 5.94. The molecular formula is C64H72F2O8. The Morgan fingerprint density at radius 1 is 0.338 bits per heavy atom. The number of carbonyl (C=O) groups is 4. The third kappa shape index (κ3) is 18.8. The monoisotopic (exact) mass is 1010 g/mol. The minimum atomic E-state index is -0.935. The second-order valence-electron chi connectivity index (χ2n) is 19.2. The van der Waals surface area contributed by atoms with Crippen molar-refractivity contribution in [2.75, 3.05) is 0 Å². The van der Waals surface area contributed by atoms with E-state index in [0.717, 1.165) is 37.8 Å². The van der Waals surface area contributed by atoms with Crippen LogP contribution in [0.15, 0.2) is 133 Å².